The van der Waals surface area contributed by atoms with Gasteiger partial charge in [0.25, 0.3) is 0 Å². The minimum Gasteiger partial charge on any atom is -0.494 e. The Morgan fingerprint density at radius 3 is 1.56 bits per heavy atom. The molecule has 5 aromatic carbocycles. The predicted octanol–water partition coefficient (Wildman–Crippen LogP) is 9.68. The number of rotatable bonds is 13. The van der Waals surface area contributed by atoms with Crippen LogP contribution in [0.3, 0.4) is 0 Å². The summed E-state index contributed by atoms with van der Waals surface area (Å²) in [6.07, 6.45) is 5.06. The zero-order chi connectivity index (χ0) is 31.1. The second kappa shape index (κ2) is 13.9. The van der Waals surface area contributed by atoms with Crippen molar-refractivity contribution in [1.29, 1.82) is 0 Å². The first kappa shape index (κ1) is 30.3. The first-order valence-electron chi connectivity index (χ1n) is 15.5. The van der Waals surface area contributed by atoms with Crippen LogP contribution in [-0.2, 0) is 16.3 Å². The molecule has 0 spiro atoms. The summed E-state index contributed by atoms with van der Waals surface area (Å²) in [5.74, 6) is 3.07. The van der Waals surface area contributed by atoms with Crippen LogP contribution < -0.4 is 19.1 Å². The number of hydrogen-bond acceptors (Lipinski definition) is 6. The molecule has 0 aromatic heterocycles. The molecular formula is C38H37NO5S. The summed E-state index contributed by atoms with van der Waals surface area (Å²) in [6, 6.07) is 37.5. The second-order valence-electron chi connectivity index (χ2n) is 11.0. The number of unbranched alkanes of at least 4 members (excludes halogenated alkanes) is 3. The van der Waals surface area contributed by atoms with Crippen molar-refractivity contribution in [3.63, 3.8) is 0 Å². The van der Waals surface area contributed by atoms with Crippen LogP contribution in [0.4, 0.5) is 17.1 Å². The molecule has 0 saturated carbocycles. The maximum atomic E-state index is 13.4. The van der Waals surface area contributed by atoms with Crippen molar-refractivity contribution in [2.24, 2.45) is 0 Å². The average molecular weight is 620 g/mol. The molecule has 45 heavy (non-hydrogen) atoms. The number of sulfone groups is 1. The Bertz CT molecular complexity index is 1770. The summed E-state index contributed by atoms with van der Waals surface area (Å²) >= 11 is 0. The lowest BCUT2D eigenvalue weighted by atomic mass is 10.1. The van der Waals surface area contributed by atoms with E-state index in [4.69, 9.17) is 14.2 Å². The van der Waals surface area contributed by atoms with Crippen molar-refractivity contribution in [3.05, 3.63) is 127 Å². The van der Waals surface area contributed by atoms with Gasteiger partial charge in [-0.3, -0.25) is 0 Å². The molecule has 1 heterocycles. The van der Waals surface area contributed by atoms with Crippen molar-refractivity contribution >= 4 is 26.9 Å². The Kier molecular flexibility index (Phi) is 9.36. The SMILES string of the molecule is CCc1ccc(OCCCCCCOc2ccc(S(=O)(=O)c3ccc(N4c5ccccc5Oc5ccccc54)cc3)cc2)cc1. The first-order chi connectivity index (χ1) is 22.0. The van der Waals surface area contributed by atoms with E-state index < -0.39 is 9.84 Å². The molecule has 0 aliphatic carbocycles. The Morgan fingerprint density at radius 1 is 0.578 bits per heavy atom. The molecule has 0 atom stereocenters. The second-order valence-corrected chi connectivity index (χ2v) is 12.9. The van der Waals surface area contributed by atoms with Crippen molar-refractivity contribution < 1.29 is 22.6 Å². The van der Waals surface area contributed by atoms with Gasteiger partial charge in [-0.05, 0) is 123 Å². The molecule has 0 amide bonds. The fourth-order valence-corrected chi connectivity index (χ4v) is 6.63. The van der Waals surface area contributed by atoms with Crippen LogP contribution in [0, 0.1) is 0 Å². The number of ether oxygens (including phenoxy) is 3. The van der Waals surface area contributed by atoms with Gasteiger partial charge in [0.2, 0.25) is 9.84 Å². The van der Waals surface area contributed by atoms with Crippen molar-refractivity contribution in [2.45, 2.75) is 48.8 Å². The predicted molar refractivity (Wildman–Crippen MR) is 178 cm³/mol. The molecule has 0 fully saturated rings. The number of fused-ring (bicyclic) bond motifs is 2. The van der Waals surface area contributed by atoms with Crippen LogP contribution in [0.5, 0.6) is 23.0 Å². The van der Waals surface area contributed by atoms with E-state index in [1.54, 1.807) is 36.4 Å². The average Bonchev–Trinajstić information content (AvgIpc) is 3.09. The molecule has 0 bridgehead atoms. The van der Waals surface area contributed by atoms with Crippen LogP contribution in [0.2, 0.25) is 0 Å². The number of anilines is 3. The molecule has 6 nitrogen and oxygen atoms in total. The van der Waals surface area contributed by atoms with Crippen LogP contribution in [0.1, 0.15) is 38.2 Å². The van der Waals surface area contributed by atoms with E-state index in [0.717, 1.165) is 66.4 Å². The van der Waals surface area contributed by atoms with Gasteiger partial charge in [0.15, 0.2) is 11.5 Å². The largest absolute Gasteiger partial charge is 0.494 e. The molecule has 1 aliphatic heterocycles. The number of benzene rings is 5. The summed E-state index contributed by atoms with van der Waals surface area (Å²) in [5.41, 5.74) is 3.94. The molecule has 7 heteroatoms. The van der Waals surface area contributed by atoms with Gasteiger partial charge in [-0.1, -0.05) is 43.3 Å². The van der Waals surface area contributed by atoms with E-state index in [1.165, 1.54) is 5.56 Å². The summed E-state index contributed by atoms with van der Waals surface area (Å²) in [4.78, 5) is 2.54. The molecule has 0 unspecified atom stereocenters. The lowest BCUT2D eigenvalue weighted by Crippen LogP contribution is -2.15. The highest BCUT2D eigenvalue weighted by Gasteiger charge is 2.26. The normalized spacial score (nSPS) is 12.2. The number of hydrogen-bond donors (Lipinski definition) is 0. The van der Waals surface area contributed by atoms with Gasteiger partial charge in [0.05, 0.1) is 34.4 Å². The highest BCUT2D eigenvalue weighted by molar-refractivity contribution is 7.91. The van der Waals surface area contributed by atoms with Gasteiger partial charge in [0.1, 0.15) is 11.5 Å². The zero-order valence-electron chi connectivity index (χ0n) is 25.4. The van der Waals surface area contributed by atoms with Crippen LogP contribution >= 0.6 is 0 Å². The minimum absolute atomic E-state index is 0.231. The van der Waals surface area contributed by atoms with E-state index in [0.29, 0.717) is 19.0 Å². The highest BCUT2D eigenvalue weighted by Crippen LogP contribution is 2.50. The lowest BCUT2D eigenvalue weighted by molar-refractivity contribution is 0.287. The third-order valence-electron chi connectivity index (χ3n) is 7.88. The third kappa shape index (κ3) is 6.99. The van der Waals surface area contributed by atoms with Gasteiger partial charge in [0, 0.05) is 5.69 Å². The molecular weight excluding hydrogens is 582 g/mol. The molecule has 5 aromatic rings. The summed E-state index contributed by atoms with van der Waals surface area (Å²) in [7, 11) is -3.70. The monoisotopic (exact) mass is 619 g/mol. The van der Waals surface area contributed by atoms with E-state index in [9.17, 15) is 8.42 Å². The molecule has 0 saturated heterocycles. The summed E-state index contributed by atoms with van der Waals surface area (Å²) in [5, 5.41) is 0. The molecule has 6 rings (SSSR count). The maximum absolute atomic E-state index is 13.4. The molecule has 0 N–H and O–H groups in total. The maximum Gasteiger partial charge on any atom is 0.206 e. The Morgan fingerprint density at radius 2 is 1.04 bits per heavy atom. The standard InChI is InChI=1S/C38H37NO5S/c1-2-29-15-19-31(20-16-29)42-27-9-3-4-10-28-43-32-21-25-34(26-22-32)45(40,41)33-23-17-30(18-24-33)39-35-11-5-7-13-37(35)44-38-14-8-6-12-36(38)39/h5-8,11-26H,2-4,9-10,27-28H2,1H3. The van der Waals surface area contributed by atoms with Crippen molar-refractivity contribution in [1.82, 2.24) is 0 Å². The van der Waals surface area contributed by atoms with E-state index in [1.807, 2.05) is 72.8 Å². The van der Waals surface area contributed by atoms with Crippen LogP contribution in [0.15, 0.2) is 131 Å². The Hall–Kier alpha value is -4.75. The van der Waals surface area contributed by atoms with E-state index in [-0.39, 0.29) is 9.79 Å². The van der Waals surface area contributed by atoms with Gasteiger partial charge in [-0.15, -0.1) is 0 Å². The smallest absolute Gasteiger partial charge is 0.206 e. The fourth-order valence-electron chi connectivity index (χ4n) is 5.37. The van der Waals surface area contributed by atoms with Crippen LogP contribution in [-0.4, -0.2) is 21.6 Å². The Balaban J connectivity index is 1.01. The van der Waals surface area contributed by atoms with E-state index >= 15 is 0 Å². The van der Waals surface area contributed by atoms with Crippen LogP contribution in [0.25, 0.3) is 0 Å². The van der Waals surface area contributed by atoms with Gasteiger partial charge in [-0.25, -0.2) is 8.42 Å². The quantitative estimate of drug-likeness (QED) is 0.120. The molecule has 1 aliphatic rings. The third-order valence-corrected chi connectivity index (χ3v) is 9.66. The highest BCUT2D eigenvalue weighted by atomic mass is 32.2. The van der Waals surface area contributed by atoms with Crippen molar-refractivity contribution in [2.75, 3.05) is 18.1 Å². The zero-order valence-corrected chi connectivity index (χ0v) is 26.2. The molecule has 0 radical (unpaired) electrons. The lowest BCUT2D eigenvalue weighted by Gasteiger charge is -2.32. The molecule has 230 valence electrons. The van der Waals surface area contributed by atoms with Gasteiger partial charge >= 0.3 is 0 Å². The number of nitrogens with zero attached hydrogens (tertiary/aromatic N) is 1. The number of aryl methyl sites for hydroxylation is 1. The topological polar surface area (TPSA) is 65.1 Å². The first-order valence-corrected chi connectivity index (χ1v) is 17.0. The Labute approximate surface area is 265 Å². The van der Waals surface area contributed by atoms with Crippen molar-refractivity contribution in [3.8, 4) is 23.0 Å². The minimum atomic E-state index is -3.70. The van der Waals surface area contributed by atoms with E-state index in [2.05, 4.69) is 24.0 Å². The van der Waals surface area contributed by atoms with Gasteiger partial charge in [-0.2, -0.15) is 0 Å². The van der Waals surface area contributed by atoms with Gasteiger partial charge < -0.3 is 19.1 Å². The summed E-state index contributed by atoms with van der Waals surface area (Å²) in [6.45, 7) is 3.44. The fraction of sp³-hybridized carbons (Fsp3) is 0.211. The summed E-state index contributed by atoms with van der Waals surface area (Å²) < 4.78 is 44.7. The number of para-hydroxylation sites is 4.